The summed E-state index contributed by atoms with van der Waals surface area (Å²) < 4.78 is 38.6. The number of hydrogen-bond donors (Lipinski definition) is 1. The third-order valence-corrected chi connectivity index (χ3v) is 5.48. The maximum Gasteiger partial charge on any atom is 0.347 e. The minimum Gasteiger partial charge on any atom is -0.479 e. The van der Waals surface area contributed by atoms with Crippen LogP contribution < -0.4 is 0 Å². The van der Waals surface area contributed by atoms with Gasteiger partial charge in [-0.05, 0) is 61.8 Å². The molecule has 18 nitrogen and oxygen atoms in total. The van der Waals surface area contributed by atoms with Gasteiger partial charge in [-0.25, -0.2) is 38.4 Å². The summed E-state index contributed by atoms with van der Waals surface area (Å²) in [7, 11) is 0. The van der Waals surface area contributed by atoms with Crippen molar-refractivity contribution < 1.29 is 86.2 Å². The molecule has 0 unspecified atom stereocenters. The van der Waals surface area contributed by atoms with Crippen LogP contribution in [-0.2, 0) is 81.0 Å². The first-order valence-electron chi connectivity index (χ1n) is 14.1. The van der Waals surface area contributed by atoms with Gasteiger partial charge in [0.15, 0.2) is 48.8 Å². The summed E-state index contributed by atoms with van der Waals surface area (Å²) in [6.07, 6.45) is -11.6. The van der Waals surface area contributed by atoms with Gasteiger partial charge in [-0.3, -0.25) is 4.79 Å². The van der Waals surface area contributed by atoms with Gasteiger partial charge in [0.1, 0.15) is 0 Å². The molecular formula is C28H40O18. The molecule has 18 heteroatoms. The summed E-state index contributed by atoms with van der Waals surface area (Å²) in [6.45, 7) is 10.7. The summed E-state index contributed by atoms with van der Waals surface area (Å²) in [5.41, 5.74) is 0. The number of carbonyl (C=O) groups is 9. The molecule has 0 aromatic heterocycles. The highest BCUT2D eigenvalue weighted by Crippen LogP contribution is 2.10. The van der Waals surface area contributed by atoms with Crippen molar-refractivity contribution in [2.45, 2.75) is 124 Å². The second kappa shape index (κ2) is 19.6. The molecule has 0 saturated heterocycles. The van der Waals surface area contributed by atoms with Crippen molar-refractivity contribution in [2.24, 2.45) is 0 Å². The summed E-state index contributed by atoms with van der Waals surface area (Å²) >= 11 is 0. The summed E-state index contributed by atoms with van der Waals surface area (Å²) in [6, 6.07) is 0. The smallest absolute Gasteiger partial charge is 0.347 e. The highest BCUT2D eigenvalue weighted by atomic mass is 16.7. The van der Waals surface area contributed by atoms with E-state index < -0.39 is 103 Å². The Morgan fingerprint density at radius 2 is 0.587 bits per heavy atom. The molecule has 8 atom stereocenters. The number of aliphatic carboxylic acids is 1. The predicted molar refractivity (Wildman–Crippen MR) is 147 cm³/mol. The van der Waals surface area contributed by atoms with Crippen molar-refractivity contribution in [2.75, 3.05) is 0 Å². The van der Waals surface area contributed by atoms with Crippen LogP contribution in [0.4, 0.5) is 0 Å². The van der Waals surface area contributed by atoms with Crippen molar-refractivity contribution in [1.29, 1.82) is 0 Å². The molecular weight excluding hydrogens is 624 g/mol. The molecule has 0 aliphatic carbocycles. The van der Waals surface area contributed by atoms with Crippen molar-refractivity contribution in [3.05, 3.63) is 0 Å². The van der Waals surface area contributed by atoms with Crippen LogP contribution in [-0.4, -0.2) is 108 Å². The van der Waals surface area contributed by atoms with Gasteiger partial charge in [-0.1, -0.05) is 6.92 Å². The average molecular weight is 665 g/mol. The fourth-order valence-corrected chi connectivity index (χ4v) is 2.74. The number of hydrogen-bond acceptors (Lipinski definition) is 17. The molecule has 0 saturated carbocycles. The van der Waals surface area contributed by atoms with Crippen molar-refractivity contribution in [3.8, 4) is 0 Å². The third kappa shape index (κ3) is 14.8. The summed E-state index contributed by atoms with van der Waals surface area (Å²) in [4.78, 5) is 107. The Kier molecular flexibility index (Phi) is 17.6. The molecule has 0 fully saturated rings. The number of ether oxygens (including phenoxy) is 8. The van der Waals surface area contributed by atoms with Gasteiger partial charge in [-0.15, -0.1) is 0 Å². The van der Waals surface area contributed by atoms with E-state index in [1.165, 1.54) is 6.92 Å². The van der Waals surface area contributed by atoms with Gasteiger partial charge in [0, 0.05) is 6.42 Å². The van der Waals surface area contributed by atoms with E-state index in [0.29, 0.717) is 6.42 Å². The Hall–Kier alpha value is -4.77. The van der Waals surface area contributed by atoms with E-state index in [0.717, 1.165) is 48.5 Å². The Balaban J connectivity index is 4.80. The molecule has 0 aliphatic rings. The standard InChI is InChI=1S/C28H40O18/c1-10-11-20(29)39-13(3)22(32)41-15(5)24(34)43-17(7)26(36)45-19(9)28(38)46-18(8)27(37)44-16(6)25(35)42-14(4)23(33)40-12(2)21(30)31/h12-19H,10-11H2,1-9H3,(H,30,31)/t12-,13+,14-,15-,16-,17-,18-,19-/m1/s1. The zero-order valence-electron chi connectivity index (χ0n) is 26.9. The maximum absolute atomic E-state index is 12.3. The van der Waals surface area contributed by atoms with Crippen LogP contribution in [0.2, 0.25) is 0 Å². The molecule has 0 amide bonds. The fraction of sp³-hybridized carbons (Fsp3) is 0.679. The largest absolute Gasteiger partial charge is 0.479 e. The third-order valence-electron chi connectivity index (χ3n) is 5.48. The first-order chi connectivity index (χ1) is 21.2. The molecule has 0 aromatic carbocycles. The van der Waals surface area contributed by atoms with Crippen LogP contribution in [0, 0.1) is 0 Å². The zero-order valence-corrected chi connectivity index (χ0v) is 26.9. The molecule has 0 aliphatic heterocycles. The van der Waals surface area contributed by atoms with Gasteiger partial charge in [0.25, 0.3) is 0 Å². The van der Waals surface area contributed by atoms with Gasteiger partial charge in [0.05, 0.1) is 0 Å². The number of rotatable bonds is 18. The SMILES string of the molecule is CCCC(=O)O[C@@H](C)C(=O)O[C@H](C)C(=O)O[C@H](C)C(=O)O[C@H](C)C(=O)O[C@H](C)C(=O)O[C@H](C)C(=O)O[C@H](C)C(=O)O[C@H](C)C(=O)O. The van der Waals surface area contributed by atoms with Crippen LogP contribution in [0.15, 0.2) is 0 Å². The first kappa shape index (κ1) is 41.2. The highest BCUT2D eigenvalue weighted by molar-refractivity contribution is 5.87. The Morgan fingerprint density at radius 1 is 0.391 bits per heavy atom. The molecule has 0 heterocycles. The quantitative estimate of drug-likeness (QED) is 0.153. The lowest BCUT2D eigenvalue weighted by molar-refractivity contribution is -0.189. The second-order valence-electron chi connectivity index (χ2n) is 9.77. The number of carbonyl (C=O) groups excluding carboxylic acids is 8. The monoisotopic (exact) mass is 664 g/mol. The number of carboxylic acid groups (broad SMARTS) is 1. The topological polar surface area (TPSA) is 248 Å². The fourth-order valence-electron chi connectivity index (χ4n) is 2.74. The van der Waals surface area contributed by atoms with E-state index in [4.69, 9.17) is 38.3 Å². The van der Waals surface area contributed by atoms with E-state index in [9.17, 15) is 43.2 Å². The zero-order chi connectivity index (χ0) is 35.9. The Bertz CT molecular complexity index is 1150. The second-order valence-corrected chi connectivity index (χ2v) is 9.77. The minimum absolute atomic E-state index is 0.0822. The van der Waals surface area contributed by atoms with Crippen LogP contribution in [0.5, 0.6) is 0 Å². The van der Waals surface area contributed by atoms with Crippen LogP contribution >= 0.6 is 0 Å². The van der Waals surface area contributed by atoms with E-state index >= 15 is 0 Å². The van der Waals surface area contributed by atoms with Crippen molar-refractivity contribution >= 4 is 53.7 Å². The number of esters is 8. The normalized spacial score (nSPS) is 15.8. The average Bonchev–Trinajstić information content (AvgIpc) is 2.96. The molecule has 260 valence electrons. The van der Waals surface area contributed by atoms with Gasteiger partial charge >= 0.3 is 53.7 Å². The molecule has 0 aromatic rings. The lowest BCUT2D eigenvalue weighted by Gasteiger charge is -2.21. The minimum atomic E-state index is -1.61. The maximum atomic E-state index is 12.3. The Morgan fingerprint density at radius 3 is 0.783 bits per heavy atom. The highest BCUT2D eigenvalue weighted by Gasteiger charge is 2.33. The van der Waals surface area contributed by atoms with E-state index in [2.05, 4.69) is 4.74 Å². The lowest BCUT2D eigenvalue weighted by Crippen LogP contribution is -2.39. The van der Waals surface area contributed by atoms with E-state index in [1.54, 1.807) is 6.92 Å². The Labute approximate surface area is 264 Å². The van der Waals surface area contributed by atoms with Crippen LogP contribution in [0.25, 0.3) is 0 Å². The predicted octanol–water partition coefficient (Wildman–Crippen LogP) is 0.325. The lowest BCUT2D eigenvalue weighted by atomic mass is 10.3. The molecule has 1 N–H and O–H groups in total. The van der Waals surface area contributed by atoms with E-state index in [-0.39, 0.29) is 6.42 Å². The van der Waals surface area contributed by atoms with Crippen LogP contribution in [0.3, 0.4) is 0 Å². The van der Waals surface area contributed by atoms with Gasteiger partial charge < -0.3 is 43.0 Å². The molecule has 0 radical (unpaired) electrons. The van der Waals surface area contributed by atoms with Crippen molar-refractivity contribution in [1.82, 2.24) is 0 Å². The van der Waals surface area contributed by atoms with Gasteiger partial charge in [-0.2, -0.15) is 0 Å². The summed E-state index contributed by atoms with van der Waals surface area (Å²) in [5, 5.41) is 8.77. The molecule has 46 heavy (non-hydrogen) atoms. The molecule has 0 rings (SSSR count). The van der Waals surface area contributed by atoms with Gasteiger partial charge in [0.2, 0.25) is 0 Å². The first-order valence-corrected chi connectivity index (χ1v) is 14.1. The number of carboxylic acids is 1. The summed E-state index contributed by atoms with van der Waals surface area (Å²) in [5.74, 6) is -10.2. The molecule has 0 spiro atoms. The molecule has 0 bridgehead atoms. The van der Waals surface area contributed by atoms with Crippen LogP contribution in [0.1, 0.15) is 75.2 Å². The van der Waals surface area contributed by atoms with E-state index in [1.807, 2.05) is 0 Å². The van der Waals surface area contributed by atoms with Crippen molar-refractivity contribution in [3.63, 3.8) is 0 Å².